The van der Waals surface area contributed by atoms with Gasteiger partial charge in [-0.05, 0) is 85.9 Å². The van der Waals surface area contributed by atoms with E-state index in [9.17, 15) is 4.79 Å². The van der Waals surface area contributed by atoms with E-state index in [0.29, 0.717) is 23.3 Å². The minimum Gasteiger partial charge on any atom is -0.497 e. The monoisotopic (exact) mass is 560 g/mol. The fourth-order valence-corrected chi connectivity index (χ4v) is 6.78. The van der Waals surface area contributed by atoms with E-state index in [4.69, 9.17) is 14.2 Å². The summed E-state index contributed by atoms with van der Waals surface area (Å²) in [4.78, 5) is 13.7. The van der Waals surface area contributed by atoms with Crippen LogP contribution in [0.1, 0.15) is 102 Å². The van der Waals surface area contributed by atoms with E-state index in [1.54, 1.807) is 18.4 Å². The predicted molar refractivity (Wildman–Crippen MR) is 164 cm³/mol. The number of hydrogen-bond donors (Lipinski definition) is 0. The van der Waals surface area contributed by atoms with Gasteiger partial charge in [0.25, 0.3) is 0 Å². The molecule has 0 bridgehead atoms. The fourth-order valence-electron chi connectivity index (χ4n) is 5.82. The Balaban J connectivity index is 1.37. The molecule has 0 N–H and O–H groups in total. The first-order valence-corrected chi connectivity index (χ1v) is 15.5. The molecule has 0 saturated carbocycles. The van der Waals surface area contributed by atoms with E-state index in [1.165, 1.54) is 54.4 Å². The maximum atomic E-state index is 11.8. The summed E-state index contributed by atoms with van der Waals surface area (Å²) >= 11 is 1.56. The zero-order valence-electron chi connectivity index (χ0n) is 24.5. The van der Waals surface area contributed by atoms with E-state index in [0.717, 1.165) is 37.0 Å². The molecule has 2 aromatic carbocycles. The standard InChI is InChI=1S/C35H44O4S/c1-5-6-7-11-32(39-24-26-13-20-30(37-3)21-14-26)27-16-18-29(19-17-27)34-25(2)12-15-28(34)9-8-10-31-22-23-33(40-31)35(36)38-4/h12-14,16-23,28,32,34H,5-11,15,24H2,1-4H3/t28-,32?,34-/m0/s1. The molecule has 0 saturated heterocycles. The number of esters is 1. The first-order valence-electron chi connectivity index (χ1n) is 14.7. The molecule has 4 nitrogen and oxygen atoms in total. The van der Waals surface area contributed by atoms with Gasteiger partial charge in [0.1, 0.15) is 10.6 Å². The molecule has 3 atom stereocenters. The smallest absolute Gasteiger partial charge is 0.348 e. The van der Waals surface area contributed by atoms with Gasteiger partial charge in [0.05, 0.1) is 26.9 Å². The van der Waals surface area contributed by atoms with E-state index in [-0.39, 0.29) is 12.1 Å². The van der Waals surface area contributed by atoms with E-state index < -0.39 is 0 Å². The third kappa shape index (κ3) is 8.08. The van der Waals surface area contributed by atoms with Crippen LogP contribution in [-0.4, -0.2) is 20.2 Å². The Morgan fingerprint density at radius 2 is 1.75 bits per heavy atom. The van der Waals surface area contributed by atoms with Crippen LogP contribution < -0.4 is 4.74 Å². The van der Waals surface area contributed by atoms with Crippen LogP contribution in [0.4, 0.5) is 0 Å². The molecule has 1 unspecified atom stereocenters. The second-order valence-corrected chi connectivity index (χ2v) is 12.0. The van der Waals surface area contributed by atoms with Crippen LogP contribution in [0, 0.1) is 5.92 Å². The van der Waals surface area contributed by atoms with Crippen LogP contribution in [0.15, 0.2) is 72.3 Å². The maximum Gasteiger partial charge on any atom is 0.348 e. The molecule has 1 aliphatic rings. The largest absolute Gasteiger partial charge is 0.497 e. The van der Waals surface area contributed by atoms with Crippen LogP contribution in [-0.2, 0) is 22.5 Å². The van der Waals surface area contributed by atoms with Gasteiger partial charge in [0.2, 0.25) is 0 Å². The molecule has 4 rings (SSSR count). The van der Waals surface area contributed by atoms with Crippen molar-refractivity contribution >= 4 is 17.3 Å². The number of thiophene rings is 1. The Bertz CT molecular complexity index is 1230. The summed E-state index contributed by atoms with van der Waals surface area (Å²) in [6.45, 7) is 5.13. The van der Waals surface area contributed by atoms with Gasteiger partial charge in [-0.25, -0.2) is 4.79 Å². The molecule has 40 heavy (non-hydrogen) atoms. The highest BCUT2D eigenvalue weighted by atomic mass is 32.1. The van der Waals surface area contributed by atoms with Gasteiger partial charge in [-0.15, -0.1) is 11.3 Å². The lowest BCUT2D eigenvalue weighted by Gasteiger charge is -2.24. The molecular weight excluding hydrogens is 516 g/mol. The van der Waals surface area contributed by atoms with Crippen molar-refractivity contribution < 1.29 is 19.0 Å². The molecule has 1 aliphatic carbocycles. The van der Waals surface area contributed by atoms with Crippen molar-refractivity contribution in [3.63, 3.8) is 0 Å². The number of ether oxygens (including phenoxy) is 3. The number of benzene rings is 2. The Morgan fingerprint density at radius 1 is 0.975 bits per heavy atom. The first-order chi connectivity index (χ1) is 19.5. The highest BCUT2D eigenvalue weighted by Gasteiger charge is 2.28. The van der Waals surface area contributed by atoms with Crippen LogP contribution in [0.3, 0.4) is 0 Å². The molecule has 214 valence electrons. The van der Waals surface area contributed by atoms with Crippen molar-refractivity contribution in [3.8, 4) is 5.75 Å². The number of allylic oxidation sites excluding steroid dienone is 2. The Morgan fingerprint density at radius 3 is 2.45 bits per heavy atom. The number of unbranched alkanes of at least 4 members (excludes halogenated alkanes) is 2. The summed E-state index contributed by atoms with van der Waals surface area (Å²) in [6, 6.07) is 21.4. The van der Waals surface area contributed by atoms with Crippen LogP contribution in [0.5, 0.6) is 5.75 Å². The molecular formula is C35H44O4S. The number of carbonyl (C=O) groups is 1. The molecule has 5 heteroatoms. The number of methoxy groups -OCH3 is 2. The zero-order chi connectivity index (χ0) is 28.3. The zero-order valence-corrected chi connectivity index (χ0v) is 25.3. The molecule has 0 fully saturated rings. The molecule has 3 aromatic rings. The van der Waals surface area contributed by atoms with E-state index in [2.05, 4.69) is 62.4 Å². The predicted octanol–water partition coefficient (Wildman–Crippen LogP) is 9.45. The van der Waals surface area contributed by atoms with Gasteiger partial charge in [-0.2, -0.15) is 0 Å². The summed E-state index contributed by atoms with van der Waals surface area (Å²) in [5, 5.41) is 0. The minimum atomic E-state index is -0.242. The third-order valence-electron chi connectivity index (χ3n) is 8.10. The molecule has 0 radical (unpaired) electrons. The average molecular weight is 561 g/mol. The summed E-state index contributed by atoms with van der Waals surface area (Å²) < 4.78 is 16.6. The third-order valence-corrected chi connectivity index (χ3v) is 9.22. The lowest BCUT2D eigenvalue weighted by Crippen LogP contribution is -2.10. The summed E-state index contributed by atoms with van der Waals surface area (Å²) in [6.07, 6.45) is 11.6. The highest BCUT2D eigenvalue weighted by Crippen LogP contribution is 2.43. The van der Waals surface area contributed by atoms with Crippen molar-refractivity contribution in [2.75, 3.05) is 14.2 Å². The van der Waals surface area contributed by atoms with E-state index in [1.807, 2.05) is 18.2 Å². The molecule has 0 amide bonds. The fraction of sp³-hybridized carbons (Fsp3) is 0.457. The number of carbonyl (C=O) groups excluding carboxylic acids is 1. The summed E-state index contributed by atoms with van der Waals surface area (Å²) in [5.41, 5.74) is 5.32. The number of rotatable bonds is 15. The van der Waals surface area contributed by atoms with Gasteiger partial charge in [0, 0.05) is 10.8 Å². The quantitative estimate of drug-likeness (QED) is 0.105. The van der Waals surface area contributed by atoms with E-state index >= 15 is 0 Å². The van der Waals surface area contributed by atoms with Crippen LogP contribution >= 0.6 is 11.3 Å². The Labute approximate surface area is 244 Å². The summed E-state index contributed by atoms with van der Waals surface area (Å²) in [7, 11) is 3.13. The second kappa shape index (κ2) is 15.2. The maximum absolute atomic E-state index is 11.8. The van der Waals surface area contributed by atoms with Crippen molar-refractivity contribution in [1.82, 2.24) is 0 Å². The van der Waals surface area contributed by atoms with Gasteiger partial charge < -0.3 is 14.2 Å². The average Bonchev–Trinajstić information content (AvgIpc) is 3.61. The lowest BCUT2D eigenvalue weighted by atomic mass is 9.82. The Hall–Kier alpha value is -2.89. The molecule has 1 heterocycles. The number of aryl methyl sites for hydroxylation is 1. The molecule has 1 aromatic heterocycles. The normalized spacial score (nSPS) is 17.4. The molecule has 0 spiro atoms. The second-order valence-electron chi connectivity index (χ2n) is 10.9. The van der Waals surface area contributed by atoms with Crippen LogP contribution in [0.2, 0.25) is 0 Å². The highest BCUT2D eigenvalue weighted by molar-refractivity contribution is 7.13. The van der Waals surface area contributed by atoms with Gasteiger partial charge >= 0.3 is 5.97 Å². The number of hydrogen-bond acceptors (Lipinski definition) is 5. The van der Waals surface area contributed by atoms with Crippen molar-refractivity contribution in [2.45, 2.75) is 83.8 Å². The SMILES string of the molecule is CCCCCC(OCc1ccc(OC)cc1)c1ccc([C@H]2C(C)=CC[C@@H]2CCCc2ccc(C(=O)OC)s2)cc1. The minimum absolute atomic E-state index is 0.0967. The van der Waals surface area contributed by atoms with Crippen LogP contribution in [0.25, 0.3) is 0 Å². The van der Waals surface area contributed by atoms with Crippen molar-refractivity contribution in [2.24, 2.45) is 5.92 Å². The van der Waals surface area contributed by atoms with Gasteiger partial charge in [0.15, 0.2) is 0 Å². The topological polar surface area (TPSA) is 44.8 Å². The van der Waals surface area contributed by atoms with Crippen molar-refractivity contribution in [3.05, 3.63) is 98.8 Å². The van der Waals surface area contributed by atoms with Gasteiger partial charge in [-0.3, -0.25) is 0 Å². The Kier molecular flexibility index (Phi) is 11.4. The summed E-state index contributed by atoms with van der Waals surface area (Å²) in [5.74, 6) is 1.72. The molecule has 0 aliphatic heterocycles. The van der Waals surface area contributed by atoms with Gasteiger partial charge in [-0.1, -0.05) is 74.2 Å². The van der Waals surface area contributed by atoms with Crippen molar-refractivity contribution in [1.29, 1.82) is 0 Å². The lowest BCUT2D eigenvalue weighted by molar-refractivity contribution is 0.0321. The first kappa shape index (κ1) is 30.1.